The van der Waals surface area contributed by atoms with Crippen molar-refractivity contribution in [2.45, 2.75) is 0 Å². The smallest absolute Gasteiger partial charge is 0.253 e. The molecule has 28 heavy (non-hydrogen) atoms. The van der Waals surface area contributed by atoms with Crippen LogP contribution in [0.4, 0.5) is 0 Å². The van der Waals surface area contributed by atoms with Gasteiger partial charge in [-0.05, 0) is 29.8 Å². The number of hydrogen-bond acceptors (Lipinski definition) is 3. The molecule has 2 aliphatic heterocycles. The van der Waals surface area contributed by atoms with E-state index in [0.717, 1.165) is 44.0 Å². The Labute approximate surface area is 170 Å². The minimum atomic E-state index is 0.0603. The van der Waals surface area contributed by atoms with Crippen LogP contribution in [0, 0.1) is 0 Å². The lowest BCUT2D eigenvalue weighted by Crippen LogP contribution is -2.49. The molecule has 0 unspecified atom stereocenters. The first kappa shape index (κ1) is 18.8. The number of nitrogens with zero attached hydrogens (tertiary/aromatic N) is 2. The topological polar surface area (TPSA) is 32.8 Å². The van der Waals surface area contributed by atoms with Crippen molar-refractivity contribution in [3.63, 3.8) is 0 Å². The molecule has 0 aliphatic carbocycles. The Balaban J connectivity index is 1.31. The highest BCUT2D eigenvalue weighted by Crippen LogP contribution is 2.29. The number of piperazine rings is 1. The Morgan fingerprint density at radius 3 is 2.64 bits per heavy atom. The summed E-state index contributed by atoms with van der Waals surface area (Å²) in [6, 6.07) is 15.8. The van der Waals surface area contributed by atoms with Gasteiger partial charge in [0.15, 0.2) is 0 Å². The van der Waals surface area contributed by atoms with Gasteiger partial charge in [-0.3, -0.25) is 9.69 Å². The maximum absolute atomic E-state index is 12.9. The molecule has 1 saturated heterocycles. The van der Waals surface area contributed by atoms with Crippen molar-refractivity contribution in [1.82, 2.24) is 9.80 Å². The molecule has 0 N–H and O–H groups in total. The molecular formula is C23H23ClN2O2. The van der Waals surface area contributed by atoms with Crippen LogP contribution < -0.4 is 4.74 Å². The van der Waals surface area contributed by atoms with Crippen LogP contribution >= 0.6 is 11.6 Å². The predicted octanol–water partition coefficient (Wildman–Crippen LogP) is 3.97. The maximum atomic E-state index is 12.9. The van der Waals surface area contributed by atoms with E-state index in [2.05, 4.69) is 29.2 Å². The molecule has 0 spiro atoms. The van der Waals surface area contributed by atoms with Gasteiger partial charge in [0, 0.05) is 43.3 Å². The fraction of sp³-hybridized carbons (Fsp3) is 0.261. The van der Waals surface area contributed by atoms with E-state index in [1.165, 1.54) is 5.56 Å². The largest absolute Gasteiger partial charge is 0.488 e. The summed E-state index contributed by atoms with van der Waals surface area (Å²) in [5, 5.41) is 0.643. The third kappa shape index (κ3) is 4.46. The van der Waals surface area contributed by atoms with E-state index in [4.69, 9.17) is 16.3 Å². The Bertz CT molecular complexity index is 900. The number of hydrogen-bond donors (Lipinski definition) is 0. The molecule has 2 heterocycles. The van der Waals surface area contributed by atoms with Crippen molar-refractivity contribution >= 4 is 29.7 Å². The SMILES string of the molecule is O=C(C1=Cc2cc(Cl)ccc2OC1)N1CCN(C/C=C/c2ccccc2)CC1. The van der Waals surface area contributed by atoms with Crippen molar-refractivity contribution in [2.24, 2.45) is 0 Å². The second kappa shape index (κ2) is 8.63. The number of rotatable bonds is 4. The number of carbonyl (C=O) groups is 1. The standard InChI is InChI=1S/C23H23ClN2O2/c24-21-8-9-22-19(16-21)15-20(17-28-22)23(27)26-13-11-25(12-14-26)10-4-7-18-5-2-1-3-6-18/h1-9,15-16H,10-14,17H2/b7-4+. The molecule has 0 atom stereocenters. The van der Waals surface area contributed by atoms with E-state index < -0.39 is 0 Å². The van der Waals surface area contributed by atoms with Gasteiger partial charge < -0.3 is 9.64 Å². The summed E-state index contributed by atoms with van der Waals surface area (Å²) in [6.45, 7) is 4.43. The average molecular weight is 395 g/mol. The molecule has 4 nitrogen and oxygen atoms in total. The van der Waals surface area contributed by atoms with Gasteiger partial charge in [0.2, 0.25) is 0 Å². The van der Waals surface area contributed by atoms with E-state index in [1.54, 1.807) is 6.07 Å². The van der Waals surface area contributed by atoms with E-state index in [-0.39, 0.29) is 5.91 Å². The predicted molar refractivity (Wildman–Crippen MR) is 113 cm³/mol. The van der Waals surface area contributed by atoms with Gasteiger partial charge in [0.05, 0.1) is 5.57 Å². The number of amides is 1. The summed E-state index contributed by atoms with van der Waals surface area (Å²) in [7, 11) is 0. The first-order valence-electron chi connectivity index (χ1n) is 9.55. The van der Waals surface area contributed by atoms with E-state index in [0.29, 0.717) is 17.2 Å². The summed E-state index contributed by atoms with van der Waals surface area (Å²) in [6.07, 6.45) is 6.23. The van der Waals surface area contributed by atoms with Gasteiger partial charge >= 0.3 is 0 Å². The quantitative estimate of drug-likeness (QED) is 0.786. The summed E-state index contributed by atoms with van der Waals surface area (Å²) < 4.78 is 5.73. The lowest BCUT2D eigenvalue weighted by atomic mass is 10.1. The molecular weight excluding hydrogens is 372 g/mol. The van der Waals surface area contributed by atoms with Gasteiger partial charge in [0.1, 0.15) is 12.4 Å². The van der Waals surface area contributed by atoms with Crippen LogP contribution in [-0.4, -0.2) is 55.0 Å². The van der Waals surface area contributed by atoms with Crippen molar-refractivity contribution in [3.8, 4) is 5.75 Å². The van der Waals surface area contributed by atoms with Crippen molar-refractivity contribution < 1.29 is 9.53 Å². The van der Waals surface area contributed by atoms with Crippen molar-refractivity contribution in [2.75, 3.05) is 39.3 Å². The highest BCUT2D eigenvalue weighted by molar-refractivity contribution is 6.30. The second-order valence-corrected chi connectivity index (χ2v) is 7.48. The van der Waals surface area contributed by atoms with Gasteiger partial charge in [0.25, 0.3) is 5.91 Å². The van der Waals surface area contributed by atoms with Gasteiger partial charge in [-0.2, -0.15) is 0 Å². The summed E-state index contributed by atoms with van der Waals surface area (Å²) in [4.78, 5) is 17.1. The Kier molecular flexibility index (Phi) is 5.79. The molecule has 0 saturated carbocycles. The van der Waals surface area contributed by atoms with Crippen LogP contribution in [0.15, 0.2) is 60.2 Å². The Morgan fingerprint density at radius 1 is 1.07 bits per heavy atom. The zero-order chi connectivity index (χ0) is 19.3. The lowest BCUT2D eigenvalue weighted by molar-refractivity contribution is -0.129. The zero-order valence-electron chi connectivity index (χ0n) is 15.7. The van der Waals surface area contributed by atoms with Crippen LogP contribution in [0.3, 0.4) is 0 Å². The molecule has 0 aromatic heterocycles. The number of carbonyl (C=O) groups excluding carboxylic acids is 1. The van der Waals surface area contributed by atoms with Gasteiger partial charge in [-0.15, -0.1) is 0 Å². The van der Waals surface area contributed by atoms with Crippen molar-refractivity contribution in [3.05, 3.63) is 76.3 Å². The number of ether oxygens (including phenoxy) is 1. The Hall–Kier alpha value is -2.56. The van der Waals surface area contributed by atoms with E-state index >= 15 is 0 Å². The van der Waals surface area contributed by atoms with Gasteiger partial charge in [-0.1, -0.05) is 54.1 Å². The number of fused-ring (bicyclic) bond motifs is 1. The third-order valence-electron chi connectivity index (χ3n) is 5.09. The lowest BCUT2D eigenvalue weighted by Gasteiger charge is -2.35. The first-order valence-corrected chi connectivity index (χ1v) is 9.93. The van der Waals surface area contributed by atoms with E-state index in [1.807, 2.05) is 41.3 Å². The average Bonchev–Trinajstić information content (AvgIpc) is 2.74. The van der Waals surface area contributed by atoms with Crippen LogP contribution in [-0.2, 0) is 4.79 Å². The minimum Gasteiger partial charge on any atom is -0.488 e. The zero-order valence-corrected chi connectivity index (χ0v) is 16.4. The fourth-order valence-corrected chi connectivity index (χ4v) is 3.69. The molecule has 2 aromatic carbocycles. The molecule has 1 amide bonds. The van der Waals surface area contributed by atoms with Crippen LogP contribution in [0.25, 0.3) is 12.2 Å². The van der Waals surface area contributed by atoms with Gasteiger partial charge in [-0.25, -0.2) is 0 Å². The molecule has 1 fully saturated rings. The molecule has 0 bridgehead atoms. The maximum Gasteiger partial charge on any atom is 0.253 e. The highest BCUT2D eigenvalue weighted by Gasteiger charge is 2.25. The second-order valence-electron chi connectivity index (χ2n) is 7.05. The van der Waals surface area contributed by atoms with Crippen molar-refractivity contribution in [1.29, 1.82) is 0 Å². The molecule has 5 heteroatoms. The van der Waals surface area contributed by atoms with E-state index in [9.17, 15) is 4.79 Å². The number of halogens is 1. The first-order chi connectivity index (χ1) is 13.7. The molecule has 4 rings (SSSR count). The summed E-state index contributed by atoms with van der Waals surface area (Å²) in [5.74, 6) is 0.834. The normalized spacial score (nSPS) is 17.2. The molecule has 2 aromatic rings. The third-order valence-corrected chi connectivity index (χ3v) is 5.33. The Morgan fingerprint density at radius 2 is 1.86 bits per heavy atom. The van der Waals surface area contributed by atoms with Crippen LogP contribution in [0.2, 0.25) is 5.02 Å². The molecule has 0 radical (unpaired) electrons. The van der Waals surface area contributed by atoms with Crippen LogP contribution in [0.1, 0.15) is 11.1 Å². The monoisotopic (exact) mass is 394 g/mol. The summed E-state index contributed by atoms with van der Waals surface area (Å²) in [5.41, 5.74) is 2.76. The summed E-state index contributed by atoms with van der Waals surface area (Å²) >= 11 is 6.06. The molecule has 2 aliphatic rings. The fourth-order valence-electron chi connectivity index (χ4n) is 3.51. The van der Waals surface area contributed by atoms with Crippen LogP contribution in [0.5, 0.6) is 5.75 Å². The molecule has 144 valence electrons. The highest BCUT2D eigenvalue weighted by atomic mass is 35.5. The minimum absolute atomic E-state index is 0.0603. The number of benzene rings is 2.